The number of nitrogens with one attached hydrogen (secondary N) is 1. The molecule has 0 saturated heterocycles. The summed E-state index contributed by atoms with van der Waals surface area (Å²) in [7, 11) is 0. The van der Waals surface area contributed by atoms with Crippen LogP contribution in [0.15, 0.2) is 59.7 Å². The second-order valence-electron chi connectivity index (χ2n) is 6.08. The molecule has 3 N–H and O–H groups in total. The van der Waals surface area contributed by atoms with Crippen LogP contribution in [0.5, 0.6) is 0 Å². The van der Waals surface area contributed by atoms with Gasteiger partial charge in [0.25, 0.3) is 0 Å². The molecule has 0 spiro atoms. The van der Waals surface area contributed by atoms with Gasteiger partial charge in [0.1, 0.15) is 6.29 Å². The van der Waals surface area contributed by atoms with Crippen molar-refractivity contribution in [2.75, 3.05) is 19.6 Å². The number of carbonyl (C=O) groups excluding carboxylic acids is 1. The van der Waals surface area contributed by atoms with Crippen LogP contribution < -0.4 is 5.73 Å². The summed E-state index contributed by atoms with van der Waals surface area (Å²) in [5.41, 5.74) is 8.46. The van der Waals surface area contributed by atoms with Crippen LogP contribution in [-0.4, -0.2) is 47.6 Å². The monoisotopic (exact) mass is 493 g/mol. The molecule has 28 heavy (non-hydrogen) atoms. The summed E-state index contributed by atoms with van der Waals surface area (Å²) >= 11 is 0. The van der Waals surface area contributed by atoms with Gasteiger partial charge in [-0.05, 0) is 25.8 Å². The van der Waals surface area contributed by atoms with E-state index in [1.165, 1.54) is 10.6 Å². The van der Waals surface area contributed by atoms with Gasteiger partial charge in [-0.25, -0.2) is 5.01 Å². The highest BCUT2D eigenvalue weighted by molar-refractivity contribution is 14.0. The first-order valence-electron chi connectivity index (χ1n) is 9.13. The zero-order valence-corrected chi connectivity index (χ0v) is 18.7. The minimum Gasteiger partial charge on any atom is -0.369 e. The van der Waals surface area contributed by atoms with E-state index in [1.54, 1.807) is 12.1 Å². The number of benzene rings is 2. The highest BCUT2D eigenvalue weighted by Crippen LogP contribution is 2.10. The minimum absolute atomic E-state index is 0. The highest BCUT2D eigenvalue weighted by atomic mass is 127. The largest absolute Gasteiger partial charge is 0.369 e. The number of hydrogen-bond donors (Lipinski definition) is 2. The summed E-state index contributed by atoms with van der Waals surface area (Å²) in [5, 5.41) is 14.1. The molecule has 0 bridgehead atoms. The van der Waals surface area contributed by atoms with Crippen molar-refractivity contribution >= 4 is 42.1 Å². The average molecular weight is 493 g/mol. The van der Waals surface area contributed by atoms with Gasteiger partial charge in [-0.2, -0.15) is 5.10 Å². The van der Waals surface area contributed by atoms with Crippen LogP contribution in [0.3, 0.4) is 0 Å². The van der Waals surface area contributed by atoms with Gasteiger partial charge >= 0.3 is 0 Å². The molecule has 2 aromatic carbocycles. The summed E-state index contributed by atoms with van der Waals surface area (Å²) in [6.07, 6.45) is 1.55. The summed E-state index contributed by atoms with van der Waals surface area (Å²) in [4.78, 5) is 13.0. The highest BCUT2D eigenvalue weighted by Gasteiger charge is 2.15. The SMILES string of the molecule is CCN(CC)C(=NN(CCc1ccccc1)C(=N)N)c1ccc(C=O)cc1.I. The third-order valence-corrected chi connectivity index (χ3v) is 4.32. The van der Waals surface area contributed by atoms with Gasteiger partial charge < -0.3 is 10.6 Å². The molecule has 0 aliphatic heterocycles. The molecule has 0 aliphatic rings. The van der Waals surface area contributed by atoms with Gasteiger partial charge in [0.2, 0.25) is 5.96 Å². The Bertz CT molecular complexity index is 773. The third-order valence-electron chi connectivity index (χ3n) is 4.32. The molecule has 0 saturated carbocycles. The molecule has 0 atom stereocenters. The number of rotatable bonds is 8. The first kappa shape index (κ1) is 23.6. The van der Waals surface area contributed by atoms with Gasteiger partial charge in [0.15, 0.2) is 5.84 Å². The molecule has 7 heteroatoms. The fraction of sp³-hybridized carbons (Fsp3) is 0.286. The van der Waals surface area contributed by atoms with E-state index >= 15 is 0 Å². The van der Waals surface area contributed by atoms with E-state index in [0.717, 1.165) is 37.2 Å². The Morgan fingerprint density at radius 1 is 1.07 bits per heavy atom. The zero-order chi connectivity index (χ0) is 19.6. The van der Waals surface area contributed by atoms with Gasteiger partial charge in [0, 0.05) is 30.8 Å². The maximum atomic E-state index is 10.9. The lowest BCUT2D eigenvalue weighted by atomic mass is 10.1. The number of guanidine groups is 1. The van der Waals surface area contributed by atoms with Crippen LogP contribution in [0.4, 0.5) is 0 Å². The number of amidine groups is 1. The molecule has 0 radical (unpaired) electrons. The molecule has 2 aromatic rings. The van der Waals surface area contributed by atoms with Crippen LogP contribution in [0.2, 0.25) is 0 Å². The van der Waals surface area contributed by atoms with Crippen molar-refractivity contribution in [2.24, 2.45) is 10.8 Å². The third kappa shape index (κ3) is 6.63. The lowest BCUT2D eigenvalue weighted by Crippen LogP contribution is -2.39. The van der Waals surface area contributed by atoms with Crippen molar-refractivity contribution in [2.45, 2.75) is 20.3 Å². The second-order valence-corrected chi connectivity index (χ2v) is 6.08. The van der Waals surface area contributed by atoms with E-state index in [0.29, 0.717) is 12.1 Å². The fourth-order valence-electron chi connectivity index (χ4n) is 2.76. The van der Waals surface area contributed by atoms with E-state index in [4.69, 9.17) is 16.2 Å². The number of hydrazone groups is 1. The molecule has 0 fully saturated rings. The molecule has 0 heterocycles. The van der Waals surface area contributed by atoms with Crippen molar-refractivity contribution in [1.29, 1.82) is 5.41 Å². The summed E-state index contributed by atoms with van der Waals surface area (Å²) in [6.45, 7) is 6.17. The van der Waals surface area contributed by atoms with Crippen molar-refractivity contribution in [3.8, 4) is 0 Å². The summed E-state index contributed by atoms with van der Waals surface area (Å²) in [6, 6.07) is 17.3. The lowest BCUT2D eigenvalue weighted by Gasteiger charge is -2.26. The lowest BCUT2D eigenvalue weighted by molar-refractivity contribution is 0.112. The standard InChI is InChI=1S/C21H27N5O.HI/c1-3-25(4-2)20(19-12-10-18(16-27)11-13-19)24-26(21(22)23)15-14-17-8-6-5-7-9-17;/h5-13,16H,3-4,14-15H2,1-2H3,(H3,22,23);1H. The molecular weight excluding hydrogens is 465 g/mol. The summed E-state index contributed by atoms with van der Waals surface area (Å²) < 4.78 is 0. The Morgan fingerprint density at radius 3 is 2.18 bits per heavy atom. The molecular formula is C21H28IN5O. The maximum absolute atomic E-state index is 10.9. The molecule has 150 valence electrons. The van der Waals surface area contributed by atoms with Crippen molar-refractivity contribution in [1.82, 2.24) is 9.91 Å². The van der Waals surface area contributed by atoms with Crippen LogP contribution in [0, 0.1) is 5.41 Å². The van der Waals surface area contributed by atoms with Crippen LogP contribution >= 0.6 is 24.0 Å². The van der Waals surface area contributed by atoms with Crippen molar-refractivity contribution in [3.63, 3.8) is 0 Å². The second kappa shape index (κ2) is 12.1. The Kier molecular flexibility index (Phi) is 10.2. The number of carbonyl (C=O) groups is 1. The van der Waals surface area contributed by atoms with Gasteiger partial charge in [-0.3, -0.25) is 10.2 Å². The Hall–Kier alpha value is -2.42. The molecule has 0 amide bonds. The summed E-state index contributed by atoms with van der Waals surface area (Å²) in [5.74, 6) is 0.640. The average Bonchev–Trinajstić information content (AvgIpc) is 2.71. The van der Waals surface area contributed by atoms with Crippen LogP contribution in [0.1, 0.15) is 35.3 Å². The number of nitrogens with zero attached hydrogens (tertiary/aromatic N) is 3. The number of aldehydes is 1. The zero-order valence-electron chi connectivity index (χ0n) is 16.3. The van der Waals surface area contributed by atoms with Gasteiger partial charge in [-0.1, -0.05) is 54.6 Å². The topological polar surface area (TPSA) is 85.8 Å². The van der Waals surface area contributed by atoms with Gasteiger partial charge in [-0.15, -0.1) is 24.0 Å². The smallest absolute Gasteiger partial charge is 0.209 e. The Morgan fingerprint density at radius 2 is 1.68 bits per heavy atom. The van der Waals surface area contributed by atoms with E-state index in [1.807, 2.05) is 42.5 Å². The number of nitrogens with two attached hydrogens (primary N) is 1. The predicted octanol–water partition coefficient (Wildman–Crippen LogP) is 3.56. The molecule has 0 aliphatic carbocycles. The molecule has 2 rings (SSSR count). The minimum atomic E-state index is -0.0971. The van der Waals surface area contributed by atoms with Crippen molar-refractivity contribution < 1.29 is 4.79 Å². The number of halogens is 1. The van der Waals surface area contributed by atoms with E-state index in [9.17, 15) is 4.79 Å². The van der Waals surface area contributed by atoms with Crippen molar-refractivity contribution in [3.05, 3.63) is 71.3 Å². The quantitative estimate of drug-likeness (QED) is 0.194. The van der Waals surface area contributed by atoms with Crippen LogP contribution in [-0.2, 0) is 6.42 Å². The molecule has 6 nitrogen and oxygen atoms in total. The normalized spacial score (nSPS) is 10.7. The first-order valence-corrected chi connectivity index (χ1v) is 9.13. The number of hydrogen-bond acceptors (Lipinski definition) is 3. The van der Waals surface area contributed by atoms with Crippen LogP contribution in [0.25, 0.3) is 0 Å². The Labute approximate surface area is 183 Å². The van der Waals surface area contributed by atoms with E-state index in [2.05, 4.69) is 18.7 Å². The first-order chi connectivity index (χ1) is 13.1. The maximum Gasteiger partial charge on any atom is 0.209 e. The predicted molar refractivity (Wildman–Crippen MR) is 125 cm³/mol. The van der Waals surface area contributed by atoms with E-state index < -0.39 is 0 Å². The van der Waals surface area contributed by atoms with E-state index in [-0.39, 0.29) is 29.9 Å². The molecule has 0 unspecified atom stereocenters. The fourth-order valence-corrected chi connectivity index (χ4v) is 2.76. The molecule has 0 aromatic heterocycles. The Balaban J connectivity index is 0.00000392. The van der Waals surface area contributed by atoms with Gasteiger partial charge in [0.05, 0.1) is 0 Å².